The van der Waals surface area contributed by atoms with Crippen LogP contribution in [0.2, 0.25) is 0 Å². The Bertz CT molecular complexity index is 1240. The van der Waals surface area contributed by atoms with Crippen molar-refractivity contribution >= 4 is 51.9 Å². The third-order valence-electron chi connectivity index (χ3n) is 4.44. The summed E-state index contributed by atoms with van der Waals surface area (Å²) < 4.78 is 80.1. The van der Waals surface area contributed by atoms with Gasteiger partial charge in [-0.3, -0.25) is 4.79 Å². The van der Waals surface area contributed by atoms with Crippen LogP contribution in [-0.4, -0.2) is 35.9 Å². The van der Waals surface area contributed by atoms with E-state index in [4.69, 9.17) is 14.6 Å². The first-order valence-corrected chi connectivity index (χ1v) is 10.5. The van der Waals surface area contributed by atoms with Gasteiger partial charge in [0.15, 0.2) is 41.4 Å². The minimum atomic E-state index is -2.36. The summed E-state index contributed by atoms with van der Waals surface area (Å²) in [5.74, 6) is -13.2. The van der Waals surface area contributed by atoms with Gasteiger partial charge in [0.1, 0.15) is 5.69 Å². The molecule has 180 valence electrons. The second-order valence-electron chi connectivity index (χ2n) is 6.72. The van der Waals surface area contributed by atoms with Gasteiger partial charge >= 0.3 is 5.97 Å². The number of hydrazone groups is 1. The maximum absolute atomic E-state index is 14.2. The summed E-state index contributed by atoms with van der Waals surface area (Å²) in [7, 11) is 0. The molecule has 0 radical (unpaired) electrons. The largest absolute Gasteiger partial charge is 0.490 e. The van der Waals surface area contributed by atoms with E-state index in [9.17, 15) is 31.5 Å². The number of halogens is 6. The van der Waals surface area contributed by atoms with Gasteiger partial charge in [0.25, 0.3) is 5.91 Å². The molecule has 1 amide bonds. The number of amides is 1. The number of nitrogens with zero attached hydrogens (tertiary/aromatic N) is 2. The first-order valence-electron chi connectivity index (χ1n) is 9.41. The van der Waals surface area contributed by atoms with Crippen molar-refractivity contribution in [1.29, 1.82) is 0 Å². The van der Waals surface area contributed by atoms with E-state index < -0.39 is 53.3 Å². The van der Waals surface area contributed by atoms with Crippen molar-refractivity contribution in [2.45, 2.75) is 13.8 Å². The molecule has 1 aliphatic heterocycles. The number of carboxylic acids is 1. The Morgan fingerprint density at radius 2 is 1.68 bits per heavy atom. The number of anilines is 1. The number of benzene rings is 2. The van der Waals surface area contributed by atoms with E-state index in [1.54, 1.807) is 6.92 Å². The second kappa shape index (κ2) is 9.95. The number of aliphatic carboxylic acids is 1. The Kier molecular flexibility index (Phi) is 7.43. The fraction of sp³-hybridized carbons (Fsp3) is 0.190. The van der Waals surface area contributed by atoms with Gasteiger partial charge in [-0.1, -0.05) is 0 Å². The lowest BCUT2D eigenvalue weighted by molar-refractivity contribution is -0.139. The van der Waals surface area contributed by atoms with Crippen molar-refractivity contribution in [3.8, 4) is 11.5 Å². The topological polar surface area (TPSA) is 88.4 Å². The molecular weight excluding hydrogens is 582 g/mol. The number of rotatable bonds is 7. The second-order valence-corrected chi connectivity index (χ2v) is 7.89. The molecule has 2 aromatic carbocycles. The summed E-state index contributed by atoms with van der Waals surface area (Å²) in [5, 5.41) is 12.6. The maximum atomic E-state index is 14.2. The first kappa shape index (κ1) is 25.4. The predicted molar refractivity (Wildman–Crippen MR) is 118 cm³/mol. The molecule has 0 atom stereocenters. The molecule has 3 rings (SSSR count). The number of carbonyl (C=O) groups is 2. The molecule has 0 bridgehead atoms. The maximum Gasteiger partial charge on any atom is 0.341 e. The molecule has 1 heterocycles. The molecule has 34 heavy (non-hydrogen) atoms. The predicted octanol–water partition coefficient (Wildman–Crippen LogP) is 4.65. The third-order valence-corrected chi connectivity index (χ3v) is 5.24. The van der Waals surface area contributed by atoms with E-state index in [1.807, 2.05) is 22.6 Å². The highest BCUT2D eigenvalue weighted by Crippen LogP contribution is 2.37. The lowest BCUT2D eigenvalue weighted by Crippen LogP contribution is -2.25. The number of hydrogen-bond acceptors (Lipinski definition) is 5. The van der Waals surface area contributed by atoms with Crippen LogP contribution in [0.1, 0.15) is 19.4 Å². The van der Waals surface area contributed by atoms with Crippen molar-refractivity contribution in [3.05, 3.63) is 55.9 Å². The molecule has 0 unspecified atom stereocenters. The summed E-state index contributed by atoms with van der Waals surface area (Å²) >= 11 is 1.86. The lowest BCUT2D eigenvalue weighted by atomic mass is 10.1. The van der Waals surface area contributed by atoms with Crippen LogP contribution < -0.4 is 14.5 Å². The number of carboxylic acid groups (broad SMARTS) is 1. The van der Waals surface area contributed by atoms with E-state index >= 15 is 0 Å². The van der Waals surface area contributed by atoms with Gasteiger partial charge in [-0.15, -0.1) is 0 Å². The van der Waals surface area contributed by atoms with Gasteiger partial charge in [0.2, 0.25) is 5.82 Å². The van der Waals surface area contributed by atoms with E-state index in [0.29, 0.717) is 9.13 Å². The molecule has 0 saturated carbocycles. The molecule has 0 saturated heterocycles. The Labute approximate surface area is 202 Å². The van der Waals surface area contributed by atoms with E-state index in [2.05, 4.69) is 5.10 Å². The average Bonchev–Trinajstić information content (AvgIpc) is 3.04. The summed E-state index contributed by atoms with van der Waals surface area (Å²) in [4.78, 5) is 23.6. The summed E-state index contributed by atoms with van der Waals surface area (Å²) in [6.45, 7) is 2.57. The van der Waals surface area contributed by atoms with Crippen LogP contribution in [0.3, 0.4) is 0 Å². The zero-order chi connectivity index (χ0) is 25.3. The zero-order valence-corrected chi connectivity index (χ0v) is 19.5. The van der Waals surface area contributed by atoms with Crippen LogP contribution in [0.25, 0.3) is 6.08 Å². The highest BCUT2D eigenvalue weighted by atomic mass is 127. The zero-order valence-electron chi connectivity index (χ0n) is 17.4. The third kappa shape index (κ3) is 4.69. The lowest BCUT2D eigenvalue weighted by Gasteiger charge is -2.15. The molecule has 0 fully saturated rings. The summed E-state index contributed by atoms with van der Waals surface area (Å²) in [6, 6.07) is 2.94. The summed E-state index contributed by atoms with van der Waals surface area (Å²) in [5.41, 5.74) is -1.38. The van der Waals surface area contributed by atoms with Crippen molar-refractivity contribution in [3.63, 3.8) is 0 Å². The molecule has 13 heteroatoms. The van der Waals surface area contributed by atoms with Gasteiger partial charge in [-0.25, -0.2) is 26.7 Å². The Balaban J connectivity index is 2.04. The van der Waals surface area contributed by atoms with Gasteiger partial charge < -0.3 is 14.6 Å². The monoisotopic (exact) mass is 596 g/mol. The highest BCUT2D eigenvalue weighted by Gasteiger charge is 2.37. The summed E-state index contributed by atoms with van der Waals surface area (Å²) in [6.07, 6.45) is 1.28. The number of carbonyl (C=O) groups excluding carboxylic acids is 1. The van der Waals surface area contributed by atoms with Gasteiger partial charge in [-0.05, 0) is 60.2 Å². The van der Waals surface area contributed by atoms with Crippen LogP contribution >= 0.6 is 22.6 Å². The van der Waals surface area contributed by atoms with Crippen LogP contribution in [0.15, 0.2) is 22.8 Å². The van der Waals surface area contributed by atoms with E-state index in [0.717, 1.165) is 0 Å². The van der Waals surface area contributed by atoms with Crippen LogP contribution in [-0.2, 0) is 9.59 Å². The Morgan fingerprint density at radius 3 is 2.24 bits per heavy atom. The highest BCUT2D eigenvalue weighted by molar-refractivity contribution is 14.1. The van der Waals surface area contributed by atoms with Crippen molar-refractivity contribution in [2.75, 3.05) is 18.2 Å². The van der Waals surface area contributed by atoms with Crippen molar-refractivity contribution in [1.82, 2.24) is 0 Å². The Hall–Kier alpha value is -3.23. The molecule has 7 nitrogen and oxygen atoms in total. The minimum absolute atomic E-state index is 0.0480. The van der Waals surface area contributed by atoms with E-state index in [-0.39, 0.29) is 34.4 Å². The fourth-order valence-electron chi connectivity index (χ4n) is 2.99. The molecule has 0 spiro atoms. The molecule has 1 aliphatic rings. The Morgan fingerprint density at radius 1 is 1.09 bits per heavy atom. The molecular formula is C21H14F5IN2O5. The van der Waals surface area contributed by atoms with Crippen LogP contribution in [0.4, 0.5) is 27.6 Å². The standard InChI is InChI=1S/C21H14F5IN2O5/c1-3-33-12-6-9(5-11(27)20(12)34-7-13(30)31)4-10-8(2)28-29(21(10)32)19-17(25)15(23)14(22)16(24)18(19)26/h4-6H,3,7H2,1-2H3,(H,30,31)/b10-4+. The molecule has 0 aromatic heterocycles. The van der Waals surface area contributed by atoms with Crippen LogP contribution in [0.5, 0.6) is 11.5 Å². The van der Waals surface area contributed by atoms with Crippen molar-refractivity contribution in [2.24, 2.45) is 5.10 Å². The molecule has 2 aromatic rings. The van der Waals surface area contributed by atoms with Crippen LogP contribution in [0, 0.1) is 32.7 Å². The van der Waals surface area contributed by atoms with Crippen molar-refractivity contribution < 1.29 is 46.1 Å². The average molecular weight is 596 g/mol. The number of hydrogen-bond donors (Lipinski definition) is 1. The fourth-order valence-corrected chi connectivity index (χ4v) is 3.77. The van der Waals surface area contributed by atoms with E-state index in [1.165, 1.54) is 25.1 Å². The normalized spacial score (nSPS) is 14.6. The van der Waals surface area contributed by atoms with Gasteiger partial charge in [0.05, 0.1) is 21.5 Å². The smallest absolute Gasteiger partial charge is 0.341 e. The van der Waals surface area contributed by atoms with Gasteiger partial charge in [0, 0.05) is 0 Å². The first-order chi connectivity index (χ1) is 16.0. The molecule has 0 aliphatic carbocycles. The SMILES string of the molecule is CCOc1cc(/C=C2/C(=O)N(c3c(F)c(F)c(F)c(F)c3F)N=C2C)cc(I)c1OCC(=O)O. The quantitative estimate of drug-likeness (QED) is 0.165. The number of ether oxygens (including phenoxy) is 2. The molecule has 1 N–H and O–H groups in total. The minimum Gasteiger partial charge on any atom is -0.490 e. The van der Waals surface area contributed by atoms with Gasteiger partial charge in [-0.2, -0.15) is 10.1 Å².